The quantitative estimate of drug-likeness (QED) is 0.809. The van der Waals surface area contributed by atoms with Crippen molar-refractivity contribution in [1.29, 1.82) is 0 Å². The Morgan fingerprint density at radius 3 is 2.14 bits per heavy atom. The van der Waals surface area contributed by atoms with Gasteiger partial charge >= 0.3 is 12.1 Å². The first-order chi connectivity index (χ1) is 13.7. The molecule has 8 heteroatoms. The summed E-state index contributed by atoms with van der Waals surface area (Å²) in [6, 6.07) is 18.1. The van der Waals surface area contributed by atoms with Gasteiger partial charge in [0.1, 0.15) is 0 Å². The van der Waals surface area contributed by atoms with Gasteiger partial charge in [-0.15, -0.1) is 0 Å². The number of hydrogen-bond acceptors (Lipinski definition) is 3. The molecule has 1 aliphatic heterocycles. The molecular formula is C21H23F3N2O3. The van der Waals surface area contributed by atoms with Gasteiger partial charge in [0, 0.05) is 25.2 Å². The zero-order valence-corrected chi connectivity index (χ0v) is 15.7. The molecule has 1 aliphatic rings. The number of nitrogens with zero attached hydrogens (tertiary/aromatic N) is 1. The lowest BCUT2D eigenvalue weighted by atomic mass is 9.88. The fourth-order valence-electron chi connectivity index (χ4n) is 3.15. The summed E-state index contributed by atoms with van der Waals surface area (Å²) >= 11 is 0. The van der Waals surface area contributed by atoms with Crippen molar-refractivity contribution in [2.75, 3.05) is 13.1 Å². The second-order valence-corrected chi connectivity index (χ2v) is 6.68. The number of carboxylic acid groups (broad SMARTS) is 1. The standard InChI is InChI=1S/C19H22N2O.C2HF3O2/c20-14-15-5-4-8-18(13-15)16-9-11-21(12-10-16)19(22)17-6-2-1-3-7-17;3-2(4,5)1(6)7/h1-8,13,16H,9-12,14,20H2;(H,6,7). The van der Waals surface area contributed by atoms with Crippen molar-refractivity contribution in [2.45, 2.75) is 31.5 Å². The fraction of sp³-hybridized carbons (Fsp3) is 0.333. The van der Waals surface area contributed by atoms with Crippen LogP contribution < -0.4 is 5.73 Å². The van der Waals surface area contributed by atoms with Crippen LogP contribution in [0.15, 0.2) is 54.6 Å². The molecule has 3 N–H and O–H groups in total. The first-order valence-corrected chi connectivity index (χ1v) is 9.15. The molecule has 29 heavy (non-hydrogen) atoms. The molecule has 0 spiro atoms. The maximum absolute atomic E-state index is 12.5. The van der Waals surface area contributed by atoms with Crippen LogP contribution in [-0.4, -0.2) is 41.1 Å². The molecule has 1 fully saturated rings. The van der Waals surface area contributed by atoms with Crippen LogP contribution in [0.4, 0.5) is 13.2 Å². The highest BCUT2D eigenvalue weighted by molar-refractivity contribution is 5.94. The second kappa shape index (κ2) is 10.1. The van der Waals surface area contributed by atoms with Crippen LogP contribution in [0.25, 0.3) is 0 Å². The summed E-state index contributed by atoms with van der Waals surface area (Å²) < 4.78 is 31.7. The summed E-state index contributed by atoms with van der Waals surface area (Å²) in [4.78, 5) is 23.3. The molecule has 0 aromatic heterocycles. The minimum Gasteiger partial charge on any atom is -0.475 e. The number of nitrogens with two attached hydrogens (primary N) is 1. The van der Waals surface area contributed by atoms with Crippen molar-refractivity contribution in [2.24, 2.45) is 5.73 Å². The number of aliphatic carboxylic acids is 1. The number of carbonyl (C=O) groups is 2. The highest BCUT2D eigenvalue weighted by Crippen LogP contribution is 2.29. The first kappa shape index (κ1) is 22.4. The van der Waals surface area contributed by atoms with Gasteiger partial charge in [0.05, 0.1) is 0 Å². The third kappa shape index (κ3) is 6.60. The van der Waals surface area contributed by atoms with Crippen molar-refractivity contribution in [3.05, 3.63) is 71.3 Å². The molecule has 0 saturated carbocycles. The lowest BCUT2D eigenvalue weighted by molar-refractivity contribution is -0.192. The van der Waals surface area contributed by atoms with Gasteiger partial charge in [-0.05, 0) is 42.0 Å². The zero-order chi connectivity index (χ0) is 21.4. The van der Waals surface area contributed by atoms with Crippen LogP contribution >= 0.6 is 0 Å². The summed E-state index contributed by atoms with van der Waals surface area (Å²) in [6.07, 6.45) is -3.04. The van der Waals surface area contributed by atoms with Crippen molar-refractivity contribution < 1.29 is 27.9 Å². The van der Waals surface area contributed by atoms with Crippen LogP contribution in [-0.2, 0) is 11.3 Å². The van der Waals surface area contributed by atoms with Crippen LogP contribution in [0.2, 0.25) is 0 Å². The van der Waals surface area contributed by atoms with Gasteiger partial charge < -0.3 is 15.7 Å². The minimum atomic E-state index is -5.08. The summed E-state index contributed by atoms with van der Waals surface area (Å²) in [5, 5.41) is 7.12. The molecule has 0 radical (unpaired) electrons. The fourth-order valence-corrected chi connectivity index (χ4v) is 3.15. The van der Waals surface area contributed by atoms with E-state index in [-0.39, 0.29) is 5.91 Å². The predicted octanol–water partition coefficient (Wildman–Crippen LogP) is 3.80. The Hall–Kier alpha value is -2.87. The average Bonchev–Trinajstić information content (AvgIpc) is 2.74. The second-order valence-electron chi connectivity index (χ2n) is 6.68. The van der Waals surface area contributed by atoms with Gasteiger partial charge in [-0.25, -0.2) is 4.79 Å². The maximum Gasteiger partial charge on any atom is 0.490 e. The normalized spacial score (nSPS) is 14.7. The number of piperidine rings is 1. The van der Waals surface area contributed by atoms with E-state index in [0.717, 1.165) is 31.5 Å². The van der Waals surface area contributed by atoms with E-state index in [2.05, 4.69) is 24.3 Å². The smallest absolute Gasteiger partial charge is 0.475 e. The molecule has 1 amide bonds. The Kier molecular flexibility index (Phi) is 7.78. The molecule has 5 nitrogen and oxygen atoms in total. The summed E-state index contributed by atoms with van der Waals surface area (Å²) in [7, 11) is 0. The van der Waals surface area contributed by atoms with E-state index in [4.69, 9.17) is 15.6 Å². The topological polar surface area (TPSA) is 83.6 Å². The van der Waals surface area contributed by atoms with Crippen molar-refractivity contribution >= 4 is 11.9 Å². The summed E-state index contributed by atoms with van der Waals surface area (Å²) in [5.41, 5.74) is 9.04. The molecule has 1 heterocycles. The van der Waals surface area contributed by atoms with E-state index in [9.17, 15) is 18.0 Å². The van der Waals surface area contributed by atoms with Gasteiger partial charge in [0.25, 0.3) is 5.91 Å². The van der Waals surface area contributed by atoms with Crippen molar-refractivity contribution in [3.63, 3.8) is 0 Å². The Balaban J connectivity index is 0.000000370. The van der Waals surface area contributed by atoms with E-state index >= 15 is 0 Å². The third-order valence-electron chi connectivity index (χ3n) is 4.70. The van der Waals surface area contributed by atoms with Gasteiger partial charge in [0.2, 0.25) is 0 Å². The molecule has 0 unspecified atom stereocenters. The SMILES string of the molecule is NCc1cccc(C2CCN(C(=O)c3ccccc3)CC2)c1.O=C(O)C(F)(F)F. The molecule has 0 aliphatic carbocycles. The van der Waals surface area contributed by atoms with Gasteiger partial charge in [-0.2, -0.15) is 13.2 Å². The van der Waals surface area contributed by atoms with E-state index < -0.39 is 12.1 Å². The number of alkyl halides is 3. The first-order valence-electron chi connectivity index (χ1n) is 9.15. The van der Waals surface area contributed by atoms with Gasteiger partial charge in [-0.1, -0.05) is 42.5 Å². The van der Waals surface area contributed by atoms with Crippen molar-refractivity contribution in [1.82, 2.24) is 4.90 Å². The maximum atomic E-state index is 12.5. The Labute approximate surface area is 166 Å². The molecule has 2 aromatic rings. The molecule has 2 aromatic carbocycles. The largest absolute Gasteiger partial charge is 0.490 e. The third-order valence-corrected chi connectivity index (χ3v) is 4.70. The monoisotopic (exact) mass is 408 g/mol. The number of hydrogen-bond donors (Lipinski definition) is 2. The van der Waals surface area contributed by atoms with E-state index in [0.29, 0.717) is 12.5 Å². The van der Waals surface area contributed by atoms with E-state index in [1.807, 2.05) is 35.2 Å². The highest BCUT2D eigenvalue weighted by Gasteiger charge is 2.38. The molecule has 156 valence electrons. The van der Waals surface area contributed by atoms with Crippen LogP contribution in [0.1, 0.15) is 40.2 Å². The Morgan fingerprint density at radius 1 is 1.03 bits per heavy atom. The number of carboxylic acids is 1. The van der Waals surface area contributed by atoms with Crippen LogP contribution in [0.5, 0.6) is 0 Å². The molecule has 0 atom stereocenters. The van der Waals surface area contributed by atoms with E-state index in [1.54, 1.807) is 0 Å². The number of carbonyl (C=O) groups excluding carboxylic acids is 1. The van der Waals surface area contributed by atoms with E-state index in [1.165, 1.54) is 11.1 Å². The predicted molar refractivity (Wildman–Crippen MR) is 102 cm³/mol. The lowest BCUT2D eigenvalue weighted by Crippen LogP contribution is -2.37. The van der Waals surface area contributed by atoms with Gasteiger partial charge in [0.15, 0.2) is 0 Å². The number of amides is 1. The minimum absolute atomic E-state index is 0.148. The van der Waals surface area contributed by atoms with Crippen LogP contribution in [0.3, 0.4) is 0 Å². The number of likely N-dealkylation sites (tertiary alicyclic amines) is 1. The lowest BCUT2D eigenvalue weighted by Gasteiger charge is -2.32. The number of halogens is 3. The summed E-state index contributed by atoms with van der Waals surface area (Å²) in [6.45, 7) is 2.23. The van der Waals surface area contributed by atoms with Crippen LogP contribution in [0, 0.1) is 0 Å². The number of rotatable bonds is 3. The molecule has 1 saturated heterocycles. The Morgan fingerprint density at radius 2 is 1.62 bits per heavy atom. The van der Waals surface area contributed by atoms with Gasteiger partial charge in [-0.3, -0.25) is 4.79 Å². The average molecular weight is 408 g/mol. The summed E-state index contributed by atoms with van der Waals surface area (Å²) in [5.74, 6) is -2.08. The molecule has 0 bridgehead atoms. The van der Waals surface area contributed by atoms with Crippen molar-refractivity contribution in [3.8, 4) is 0 Å². The Bertz CT molecular complexity index is 817. The molecular weight excluding hydrogens is 385 g/mol. The number of benzene rings is 2. The highest BCUT2D eigenvalue weighted by atomic mass is 19.4. The zero-order valence-electron chi connectivity index (χ0n) is 15.7. The molecule has 3 rings (SSSR count).